The van der Waals surface area contributed by atoms with Gasteiger partial charge in [-0.25, -0.2) is 9.18 Å². The first-order valence-corrected chi connectivity index (χ1v) is 17.0. The Morgan fingerprint density at radius 1 is 1.00 bits per heavy atom. The number of hydrogen-bond acceptors (Lipinski definition) is 8. The molecule has 4 aliphatic heterocycles. The van der Waals surface area contributed by atoms with Gasteiger partial charge in [-0.3, -0.25) is 9.88 Å². The predicted octanol–water partition coefficient (Wildman–Crippen LogP) is 6.60. The molecule has 246 valence electrons. The van der Waals surface area contributed by atoms with Crippen molar-refractivity contribution >= 4 is 33.6 Å². The molecule has 2 aromatic carbocycles. The highest BCUT2D eigenvalue weighted by atomic mass is 19.1. The average Bonchev–Trinajstić information content (AvgIpc) is 3.80. The number of nitrogens with zero attached hydrogens (tertiary/aromatic N) is 6. The number of carbonyl (C=O) groups excluding carboxylic acids is 1. The number of aryl methyl sites for hydroxylation is 1. The van der Waals surface area contributed by atoms with Crippen LogP contribution in [0.5, 0.6) is 6.01 Å². The van der Waals surface area contributed by atoms with Gasteiger partial charge < -0.3 is 19.3 Å². The highest BCUT2D eigenvalue weighted by Crippen LogP contribution is 2.41. The number of pyridine rings is 1. The monoisotopic (exact) mass is 638 g/mol. The van der Waals surface area contributed by atoms with E-state index in [-0.39, 0.29) is 40.7 Å². The first kappa shape index (κ1) is 30.3. The first-order chi connectivity index (χ1) is 22.6. The Morgan fingerprint density at radius 3 is 2.40 bits per heavy atom. The van der Waals surface area contributed by atoms with E-state index in [4.69, 9.17) is 24.4 Å². The smallest absolute Gasteiger partial charge is 0.410 e. The number of amides is 1. The van der Waals surface area contributed by atoms with Gasteiger partial charge in [0.05, 0.1) is 10.9 Å². The molecule has 0 aliphatic carbocycles. The molecule has 0 bridgehead atoms. The van der Waals surface area contributed by atoms with Gasteiger partial charge in [-0.15, -0.1) is 0 Å². The number of ether oxygens (including phenoxy) is 2. The summed E-state index contributed by atoms with van der Waals surface area (Å²) < 4.78 is 28.9. The Kier molecular flexibility index (Phi) is 7.27. The van der Waals surface area contributed by atoms with Gasteiger partial charge in [0.25, 0.3) is 0 Å². The van der Waals surface area contributed by atoms with Crippen molar-refractivity contribution in [3.63, 3.8) is 0 Å². The maximum atomic E-state index is 16.8. The summed E-state index contributed by atoms with van der Waals surface area (Å²) in [5.41, 5.74) is 1.78. The molecule has 0 N–H and O–H groups in total. The van der Waals surface area contributed by atoms with Gasteiger partial charge in [0, 0.05) is 49.8 Å². The molecule has 6 heterocycles. The molecular formula is C37H43FN6O3. The summed E-state index contributed by atoms with van der Waals surface area (Å²) >= 11 is 0. The molecule has 47 heavy (non-hydrogen) atoms. The van der Waals surface area contributed by atoms with Crippen LogP contribution in [0.25, 0.3) is 32.9 Å². The Hall–Kier alpha value is -4.05. The second-order valence-corrected chi connectivity index (χ2v) is 15.0. The Balaban J connectivity index is 1.16. The number of benzene rings is 2. The molecule has 10 heteroatoms. The third-order valence-electron chi connectivity index (χ3n) is 10.7. The van der Waals surface area contributed by atoms with Gasteiger partial charge >= 0.3 is 12.1 Å². The maximum absolute atomic E-state index is 16.8. The van der Waals surface area contributed by atoms with E-state index in [2.05, 4.69) is 9.80 Å². The van der Waals surface area contributed by atoms with E-state index < -0.39 is 11.4 Å². The number of carbonyl (C=O) groups is 1. The average molecular weight is 639 g/mol. The standard InChI is InChI=1S/C37H43FN6O3/c1-23-9-5-10-24-11-6-12-27(29(23)24)31-30(38)32-28(17-39-31)33(41-34(40-32)46-22-37-13-7-15-44(37)16-8-14-37)42-18-25-20-43(21-26(25)19-42)35(45)47-36(2,3)4/h5-6,9-12,17,25-26H,7-8,13-16,18-22H2,1-4H3/t25-,26+. The number of likely N-dealkylation sites (tertiary alicyclic amines) is 1. The van der Waals surface area contributed by atoms with Crippen LogP contribution in [0.2, 0.25) is 0 Å². The summed E-state index contributed by atoms with van der Waals surface area (Å²) in [4.78, 5) is 33.8. The van der Waals surface area contributed by atoms with Crippen molar-refractivity contribution < 1.29 is 18.7 Å². The fourth-order valence-electron chi connectivity index (χ4n) is 8.54. The van der Waals surface area contributed by atoms with Crippen LogP contribution in [0.3, 0.4) is 0 Å². The highest BCUT2D eigenvalue weighted by Gasteiger charge is 2.46. The van der Waals surface area contributed by atoms with Crippen molar-refractivity contribution in [1.29, 1.82) is 0 Å². The molecule has 9 nitrogen and oxygen atoms in total. The Labute approximate surface area is 275 Å². The molecule has 4 fully saturated rings. The lowest BCUT2D eigenvalue weighted by molar-refractivity contribution is 0.0282. The summed E-state index contributed by atoms with van der Waals surface area (Å²) in [7, 11) is 0. The van der Waals surface area contributed by atoms with Gasteiger partial charge in [0.1, 0.15) is 29.2 Å². The normalized spacial score (nSPS) is 22.3. The molecule has 2 atom stereocenters. The van der Waals surface area contributed by atoms with Gasteiger partial charge in [0.2, 0.25) is 0 Å². The zero-order valence-electron chi connectivity index (χ0n) is 27.8. The van der Waals surface area contributed by atoms with Crippen LogP contribution < -0.4 is 9.64 Å². The van der Waals surface area contributed by atoms with Crippen LogP contribution in [0, 0.1) is 24.6 Å². The highest BCUT2D eigenvalue weighted by molar-refractivity contribution is 6.00. The molecule has 0 spiro atoms. The van der Waals surface area contributed by atoms with Crippen molar-refractivity contribution in [2.24, 2.45) is 11.8 Å². The minimum Gasteiger partial charge on any atom is -0.461 e. The minimum absolute atomic E-state index is 0.0106. The summed E-state index contributed by atoms with van der Waals surface area (Å²) in [6.45, 7) is 13.0. The molecule has 4 saturated heterocycles. The van der Waals surface area contributed by atoms with Crippen molar-refractivity contribution in [2.45, 2.75) is 64.5 Å². The van der Waals surface area contributed by atoms with E-state index in [1.54, 1.807) is 6.20 Å². The van der Waals surface area contributed by atoms with E-state index >= 15 is 4.39 Å². The van der Waals surface area contributed by atoms with Crippen molar-refractivity contribution in [3.05, 3.63) is 54.0 Å². The zero-order chi connectivity index (χ0) is 32.5. The van der Waals surface area contributed by atoms with Gasteiger partial charge in [-0.2, -0.15) is 9.97 Å². The summed E-state index contributed by atoms with van der Waals surface area (Å²) in [5.74, 6) is 0.695. The van der Waals surface area contributed by atoms with E-state index in [9.17, 15) is 4.79 Å². The van der Waals surface area contributed by atoms with Crippen LogP contribution in [0.15, 0.2) is 42.6 Å². The van der Waals surface area contributed by atoms with Crippen LogP contribution >= 0.6 is 0 Å². The minimum atomic E-state index is -0.536. The SMILES string of the molecule is Cc1cccc2cccc(-c3ncc4c(N5C[C@H]6CN(C(=O)OC(C)(C)C)C[C@H]6C5)nc(OCC56CCCN5CCC6)nc4c3F)c12. The Morgan fingerprint density at radius 2 is 1.70 bits per heavy atom. The van der Waals surface area contributed by atoms with Gasteiger partial charge in [0.15, 0.2) is 5.82 Å². The quantitative estimate of drug-likeness (QED) is 0.242. The van der Waals surface area contributed by atoms with Crippen molar-refractivity contribution in [1.82, 2.24) is 24.8 Å². The van der Waals surface area contributed by atoms with Crippen molar-refractivity contribution in [3.8, 4) is 17.3 Å². The summed E-state index contributed by atoms with van der Waals surface area (Å²) in [6, 6.07) is 12.2. The molecule has 0 radical (unpaired) electrons. The van der Waals surface area contributed by atoms with Crippen LogP contribution in [0.1, 0.15) is 52.0 Å². The van der Waals surface area contributed by atoms with E-state index in [1.807, 2.05) is 69.0 Å². The molecule has 2 aromatic heterocycles. The molecule has 1 amide bonds. The summed E-state index contributed by atoms with van der Waals surface area (Å²) in [5, 5.41) is 2.59. The Bertz CT molecular complexity index is 1850. The first-order valence-electron chi connectivity index (χ1n) is 17.0. The largest absolute Gasteiger partial charge is 0.461 e. The molecule has 4 aliphatic rings. The third kappa shape index (κ3) is 5.34. The fraction of sp³-hybridized carbons (Fsp3) is 0.514. The number of halogens is 1. The van der Waals surface area contributed by atoms with Gasteiger partial charge in [-0.1, -0.05) is 36.4 Å². The number of hydrogen-bond donors (Lipinski definition) is 0. The number of aromatic nitrogens is 3. The zero-order valence-corrected chi connectivity index (χ0v) is 27.8. The lowest BCUT2D eigenvalue weighted by Gasteiger charge is -2.31. The number of rotatable bonds is 5. The lowest BCUT2D eigenvalue weighted by Crippen LogP contribution is -2.43. The number of fused-ring (bicyclic) bond motifs is 4. The molecule has 0 unspecified atom stereocenters. The number of anilines is 1. The molecule has 8 rings (SSSR count). The topological polar surface area (TPSA) is 83.9 Å². The molecule has 4 aromatic rings. The third-order valence-corrected chi connectivity index (χ3v) is 10.7. The van der Waals surface area contributed by atoms with E-state index in [0.717, 1.165) is 60.7 Å². The summed E-state index contributed by atoms with van der Waals surface area (Å²) in [6.07, 6.45) is 5.98. The van der Waals surface area contributed by atoms with Crippen molar-refractivity contribution in [2.75, 3.05) is 50.8 Å². The van der Waals surface area contributed by atoms with Gasteiger partial charge in [-0.05, 0) is 82.8 Å². The lowest BCUT2D eigenvalue weighted by atomic mass is 9.95. The predicted molar refractivity (Wildman–Crippen MR) is 180 cm³/mol. The van der Waals surface area contributed by atoms with Crippen LogP contribution in [0.4, 0.5) is 15.0 Å². The molecular weight excluding hydrogens is 595 g/mol. The maximum Gasteiger partial charge on any atom is 0.410 e. The second kappa shape index (κ2) is 11.3. The van der Waals surface area contributed by atoms with Crippen LogP contribution in [-0.4, -0.2) is 87.9 Å². The van der Waals surface area contributed by atoms with E-state index in [0.29, 0.717) is 44.0 Å². The van der Waals surface area contributed by atoms with Crippen LogP contribution in [-0.2, 0) is 4.74 Å². The molecule has 0 saturated carbocycles. The fourth-order valence-corrected chi connectivity index (χ4v) is 8.54. The second-order valence-electron chi connectivity index (χ2n) is 15.0. The van der Waals surface area contributed by atoms with E-state index in [1.165, 1.54) is 0 Å².